The average molecular weight is 232 g/mol. The van der Waals surface area contributed by atoms with E-state index < -0.39 is 18.3 Å². The number of aliphatic hydroxyl groups excluding tert-OH is 2. The third kappa shape index (κ3) is 4.68. The van der Waals surface area contributed by atoms with E-state index in [0.717, 1.165) is 11.8 Å². The van der Waals surface area contributed by atoms with Crippen LogP contribution in [0.15, 0.2) is 12.2 Å². The van der Waals surface area contributed by atoms with Crippen LogP contribution in [-0.2, 0) is 4.74 Å². The van der Waals surface area contributed by atoms with Gasteiger partial charge in [0.05, 0.1) is 12.2 Å². The predicted molar refractivity (Wildman–Crippen MR) is 58.8 cm³/mol. The molecule has 0 bridgehead atoms. The Hall–Kier alpha value is -0.520. The molecule has 0 saturated heterocycles. The minimum absolute atomic E-state index is 0.369. The fourth-order valence-corrected chi connectivity index (χ4v) is 1.66. The topological polar surface area (TPSA) is 66.8 Å². The van der Waals surface area contributed by atoms with Gasteiger partial charge in [-0.05, 0) is 36.9 Å². The van der Waals surface area contributed by atoms with Crippen LogP contribution in [0.3, 0.4) is 0 Å². The quantitative estimate of drug-likeness (QED) is 0.527. The Bertz CT molecular complexity index is 242. The summed E-state index contributed by atoms with van der Waals surface area (Å²) in [6, 6.07) is 0. The Morgan fingerprint density at radius 1 is 1.40 bits per heavy atom. The molecule has 0 aromatic rings. The molecule has 4 nitrogen and oxygen atoms in total. The van der Waals surface area contributed by atoms with Gasteiger partial charge in [0, 0.05) is 6.42 Å². The van der Waals surface area contributed by atoms with Crippen LogP contribution in [0.5, 0.6) is 0 Å². The highest BCUT2D eigenvalue weighted by atomic mass is 32.2. The molecule has 2 N–H and O–H groups in total. The lowest BCUT2D eigenvalue weighted by Gasteiger charge is -2.21. The van der Waals surface area contributed by atoms with Crippen LogP contribution in [0, 0.1) is 0 Å². The summed E-state index contributed by atoms with van der Waals surface area (Å²) in [5.74, 6) is 0. The van der Waals surface area contributed by atoms with Crippen molar-refractivity contribution < 1.29 is 19.7 Å². The Morgan fingerprint density at radius 3 is 2.80 bits per heavy atom. The maximum atomic E-state index is 11.0. The molecule has 5 heteroatoms. The highest BCUT2D eigenvalue weighted by molar-refractivity contribution is 8.12. The second-order valence-electron chi connectivity index (χ2n) is 3.53. The Morgan fingerprint density at radius 2 is 2.13 bits per heavy atom. The van der Waals surface area contributed by atoms with Gasteiger partial charge >= 0.3 is 5.30 Å². The summed E-state index contributed by atoms with van der Waals surface area (Å²) in [5.41, 5.74) is 0. The number of aliphatic hydroxyl groups is 2. The van der Waals surface area contributed by atoms with Crippen molar-refractivity contribution in [1.82, 2.24) is 0 Å². The highest BCUT2D eigenvalue weighted by Crippen LogP contribution is 2.17. The largest absolute Gasteiger partial charge is 0.450 e. The first-order chi connectivity index (χ1) is 7.11. The van der Waals surface area contributed by atoms with E-state index >= 15 is 0 Å². The molecule has 0 spiro atoms. The van der Waals surface area contributed by atoms with Crippen molar-refractivity contribution >= 4 is 17.1 Å². The van der Waals surface area contributed by atoms with Crippen molar-refractivity contribution in [3.8, 4) is 0 Å². The Labute approximate surface area is 93.3 Å². The molecule has 15 heavy (non-hydrogen) atoms. The zero-order chi connectivity index (χ0) is 11.3. The van der Waals surface area contributed by atoms with Gasteiger partial charge in [-0.2, -0.15) is 0 Å². The summed E-state index contributed by atoms with van der Waals surface area (Å²) >= 11 is 0.993. The Balaban J connectivity index is 2.56. The van der Waals surface area contributed by atoms with Gasteiger partial charge in [-0.1, -0.05) is 6.08 Å². The van der Waals surface area contributed by atoms with E-state index in [-0.39, 0.29) is 5.30 Å². The first kappa shape index (κ1) is 12.5. The van der Waals surface area contributed by atoms with E-state index in [1.54, 1.807) is 18.4 Å². The maximum Gasteiger partial charge on any atom is 0.367 e. The van der Waals surface area contributed by atoms with Crippen molar-refractivity contribution in [1.29, 1.82) is 0 Å². The third-order valence-electron chi connectivity index (χ3n) is 2.26. The number of hydrogen-bond acceptors (Lipinski definition) is 5. The van der Waals surface area contributed by atoms with Crippen LogP contribution in [0.2, 0.25) is 0 Å². The summed E-state index contributed by atoms with van der Waals surface area (Å²) < 4.78 is 5.06. The smallest absolute Gasteiger partial charge is 0.367 e. The van der Waals surface area contributed by atoms with Gasteiger partial charge in [-0.25, -0.2) is 4.79 Å². The molecule has 0 aromatic heterocycles. The average Bonchev–Trinajstić information content (AvgIpc) is 2.20. The van der Waals surface area contributed by atoms with Gasteiger partial charge in [-0.15, -0.1) is 0 Å². The molecule has 0 saturated carbocycles. The molecule has 1 rings (SSSR count). The molecule has 0 radical (unpaired) electrons. The van der Waals surface area contributed by atoms with Crippen LogP contribution >= 0.6 is 11.8 Å². The fraction of sp³-hybridized carbons (Fsp3) is 0.700. The number of thioether (sulfide) groups is 1. The van der Waals surface area contributed by atoms with Gasteiger partial charge in [0.15, 0.2) is 0 Å². The van der Waals surface area contributed by atoms with Crippen LogP contribution in [-0.4, -0.2) is 40.1 Å². The molecule has 1 aliphatic rings. The molecule has 0 amide bonds. The molecule has 3 unspecified atom stereocenters. The van der Waals surface area contributed by atoms with E-state index in [1.807, 2.05) is 0 Å². The van der Waals surface area contributed by atoms with E-state index in [1.165, 1.54) is 0 Å². The van der Waals surface area contributed by atoms with Gasteiger partial charge in [0.25, 0.3) is 0 Å². The van der Waals surface area contributed by atoms with Gasteiger partial charge in [0.1, 0.15) is 6.10 Å². The van der Waals surface area contributed by atoms with Crippen molar-refractivity contribution in [3.05, 3.63) is 12.2 Å². The third-order valence-corrected chi connectivity index (χ3v) is 2.69. The molecular weight excluding hydrogens is 216 g/mol. The predicted octanol–water partition coefficient (Wildman–Crippen LogP) is 1.32. The van der Waals surface area contributed by atoms with Crippen LogP contribution in [0.4, 0.5) is 4.79 Å². The minimum Gasteiger partial charge on any atom is -0.450 e. The zero-order valence-electron chi connectivity index (χ0n) is 8.63. The van der Waals surface area contributed by atoms with Crippen molar-refractivity contribution in [3.63, 3.8) is 0 Å². The molecule has 0 aliphatic heterocycles. The fourth-order valence-electron chi connectivity index (χ4n) is 1.44. The second kappa shape index (κ2) is 6.15. The number of carbonyl (C=O) groups is 1. The first-order valence-corrected chi connectivity index (χ1v) is 6.13. The summed E-state index contributed by atoms with van der Waals surface area (Å²) in [6.45, 7) is 0. The normalized spacial score (nSPS) is 33.9. The van der Waals surface area contributed by atoms with Crippen molar-refractivity contribution in [2.45, 2.75) is 37.6 Å². The highest BCUT2D eigenvalue weighted by Gasteiger charge is 2.19. The molecular formula is C10H16O4S. The number of ether oxygens (including phenoxy) is 1. The SMILES string of the molecule is CSC(=O)OC1/C=C/C(O)CCC(O)C1. The molecule has 1 aliphatic carbocycles. The van der Waals surface area contributed by atoms with Crippen molar-refractivity contribution in [2.75, 3.05) is 6.26 Å². The van der Waals surface area contributed by atoms with E-state index in [4.69, 9.17) is 4.74 Å². The molecule has 86 valence electrons. The second-order valence-corrected chi connectivity index (χ2v) is 4.27. The number of rotatable bonds is 1. The summed E-state index contributed by atoms with van der Waals surface area (Å²) in [7, 11) is 0. The van der Waals surface area contributed by atoms with Crippen LogP contribution in [0.25, 0.3) is 0 Å². The molecule has 0 aromatic carbocycles. The Kier molecular flexibility index (Phi) is 5.14. The van der Waals surface area contributed by atoms with E-state index in [9.17, 15) is 15.0 Å². The van der Waals surface area contributed by atoms with Crippen LogP contribution < -0.4 is 0 Å². The maximum absolute atomic E-state index is 11.0. The van der Waals surface area contributed by atoms with Crippen LogP contribution in [0.1, 0.15) is 19.3 Å². The van der Waals surface area contributed by atoms with Gasteiger partial charge in [-0.3, -0.25) is 0 Å². The lowest BCUT2D eigenvalue weighted by Crippen LogP contribution is -2.24. The van der Waals surface area contributed by atoms with Gasteiger partial charge in [0.2, 0.25) is 0 Å². The summed E-state index contributed by atoms with van der Waals surface area (Å²) in [5, 5.41) is 18.6. The molecule has 3 atom stereocenters. The lowest BCUT2D eigenvalue weighted by atomic mass is 10.00. The van der Waals surface area contributed by atoms with Gasteiger partial charge < -0.3 is 14.9 Å². The first-order valence-electron chi connectivity index (χ1n) is 4.91. The summed E-state index contributed by atoms with van der Waals surface area (Å²) in [4.78, 5) is 11.0. The standard InChI is InChI=1S/C10H16O4S/c1-15-10(13)14-9-5-4-7(11)2-3-8(12)6-9/h4-5,7-9,11-12H,2-3,6H2,1H3/b5-4+. The lowest BCUT2D eigenvalue weighted by molar-refractivity contribution is 0.0698. The van der Waals surface area contributed by atoms with E-state index in [0.29, 0.717) is 19.3 Å². The summed E-state index contributed by atoms with van der Waals surface area (Å²) in [6.07, 6.45) is 4.84. The number of hydrogen-bond donors (Lipinski definition) is 2. The molecule has 0 fully saturated rings. The minimum atomic E-state index is -0.560. The number of carbonyl (C=O) groups excluding carboxylic acids is 1. The van der Waals surface area contributed by atoms with Crippen molar-refractivity contribution in [2.24, 2.45) is 0 Å². The van der Waals surface area contributed by atoms with E-state index in [2.05, 4.69) is 0 Å². The zero-order valence-corrected chi connectivity index (χ0v) is 9.44. The monoisotopic (exact) mass is 232 g/mol. The molecule has 0 heterocycles.